The summed E-state index contributed by atoms with van der Waals surface area (Å²) in [6.45, 7) is 10.3. The molecule has 17 heavy (non-hydrogen) atoms. The Bertz CT molecular complexity index is 524. The zero-order valence-electron chi connectivity index (χ0n) is 10.9. The molecule has 0 saturated carbocycles. The van der Waals surface area contributed by atoms with Gasteiger partial charge in [0.1, 0.15) is 11.3 Å². The molecule has 4 nitrogen and oxygen atoms in total. The smallest absolute Gasteiger partial charge is 0.158 e. The van der Waals surface area contributed by atoms with Gasteiger partial charge in [0, 0.05) is 13.1 Å². The summed E-state index contributed by atoms with van der Waals surface area (Å²) < 4.78 is 4.21. The third-order valence-electron chi connectivity index (χ3n) is 2.84. The van der Waals surface area contributed by atoms with Gasteiger partial charge in [-0.25, -0.2) is 9.67 Å². The van der Waals surface area contributed by atoms with Crippen LogP contribution in [0.25, 0.3) is 11.2 Å². The molecule has 0 fully saturated rings. The van der Waals surface area contributed by atoms with Crippen LogP contribution in [0, 0.1) is 12.8 Å². The molecule has 0 aliphatic rings. The van der Waals surface area contributed by atoms with Gasteiger partial charge in [0.2, 0.25) is 0 Å². The fourth-order valence-electron chi connectivity index (χ4n) is 2.15. The summed E-state index contributed by atoms with van der Waals surface area (Å²) in [5.41, 5.74) is 3.08. The maximum atomic E-state index is 5.98. The highest BCUT2D eigenvalue weighted by atomic mass is 35.5. The normalized spacial score (nSPS) is 11.9. The number of halogens is 1. The molecule has 0 unspecified atom stereocenters. The van der Waals surface area contributed by atoms with Gasteiger partial charge in [-0.1, -0.05) is 13.8 Å². The van der Waals surface area contributed by atoms with Crippen molar-refractivity contribution in [2.45, 2.75) is 46.7 Å². The molecule has 2 heterocycles. The quantitative estimate of drug-likeness (QED) is 0.787. The lowest BCUT2D eigenvalue weighted by Gasteiger charge is -2.11. The first-order chi connectivity index (χ1) is 8.08. The van der Waals surface area contributed by atoms with Gasteiger partial charge >= 0.3 is 0 Å². The van der Waals surface area contributed by atoms with Gasteiger partial charge in [-0.05, 0) is 19.8 Å². The number of aromatic nitrogens is 4. The van der Waals surface area contributed by atoms with Crippen molar-refractivity contribution in [1.82, 2.24) is 19.3 Å². The van der Waals surface area contributed by atoms with Crippen LogP contribution in [0.5, 0.6) is 0 Å². The number of rotatable bonds is 4. The van der Waals surface area contributed by atoms with E-state index in [1.807, 2.05) is 11.6 Å². The molecular weight excluding hydrogens is 236 g/mol. The Morgan fingerprint density at radius 1 is 1.35 bits per heavy atom. The first-order valence-corrected chi connectivity index (χ1v) is 6.60. The van der Waals surface area contributed by atoms with E-state index in [9.17, 15) is 0 Å². The second-order valence-electron chi connectivity index (χ2n) is 4.74. The molecule has 5 heteroatoms. The Labute approximate surface area is 107 Å². The summed E-state index contributed by atoms with van der Waals surface area (Å²) in [7, 11) is 0. The number of aryl methyl sites for hydroxylation is 2. The van der Waals surface area contributed by atoms with Crippen LogP contribution in [0.15, 0.2) is 0 Å². The van der Waals surface area contributed by atoms with Crippen LogP contribution in [0.4, 0.5) is 0 Å². The van der Waals surface area contributed by atoms with Crippen LogP contribution in [0.3, 0.4) is 0 Å². The first-order valence-electron chi connectivity index (χ1n) is 6.06. The second-order valence-corrected chi connectivity index (χ2v) is 5.01. The summed E-state index contributed by atoms with van der Waals surface area (Å²) in [6.07, 6.45) is 0. The Morgan fingerprint density at radius 3 is 2.59 bits per heavy atom. The van der Waals surface area contributed by atoms with Gasteiger partial charge in [0.25, 0.3) is 0 Å². The van der Waals surface area contributed by atoms with Crippen LogP contribution in [0.2, 0.25) is 0 Å². The van der Waals surface area contributed by atoms with Crippen LogP contribution in [-0.4, -0.2) is 19.3 Å². The molecule has 0 aliphatic carbocycles. The zero-order valence-corrected chi connectivity index (χ0v) is 11.6. The molecule has 0 aliphatic heterocycles. The SMILES string of the molecule is CCn1nc(C)c2nc(CCl)n(CC(C)C)c21. The number of fused-ring (bicyclic) bond motifs is 1. The van der Waals surface area contributed by atoms with Gasteiger partial charge in [-0.2, -0.15) is 5.10 Å². The largest absolute Gasteiger partial charge is 0.312 e. The molecule has 2 aromatic heterocycles. The summed E-state index contributed by atoms with van der Waals surface area (Å²) in [4.78, 5) is 4.60. The lowest BCUT2D eigenvalue weighted by atomic mass is 10.2. The fourth-order valence-corrected chi connectivity index (χ4v) is 2.35. The number of imidazole rings is 1. The Hall–Kier alpha value is -1.03. The van der Waals surface area contributed by atoms with Gasteiger partial charge in [0.05, 0.1) is 11.6 Å². The minimum atomic E-state index is 0.449. The summed E-state index contributed by atoms with van der Waals surface area (Å²) >= 11 is 5.98. The molecule has 2 aromatic rings. The van der Waals surface area contributed by atoms with E-state index in [1.54, 1.807) is 0 Å². The van der Waals surface area contributed by atoms with E-state index in [2.05, 4.69) is 35.4 Å². The van der Waals surface area contributed by atoms with Gasteiger partial charge < -0.3 is 4.57 Å². The average Bonchev–Trinajstić information content (AvgIpc) is 2.77. The summed E-state index contributed by atoms with van der Waals surface area (Å²) in [5, 5.41) is 4.50. The average molecular weight is 255 g/mol. The highest BCUT2D eigenvalue weighted by Gasteiger charge is 2.17. The number of hydrogen-bond donors (Lipinski definition) is 0. The topological polar surface area (TPSA) is 35.6 Å². The molecule has 0 atom stereocenters. The van der Waals surface area contributed by atoms with Crippen molar-refractivity contribution < 1.29 is 0 Å². The number of alkyl halides is 1. The zero-order chi connectivity index (χ0) is 12.6. The van der Waals surface area contributed by atoms with E-state index < -0.39 is 0 Å². The molecule has 0 N–H and O–H groups in total. The molecular formula is C12H19ClN4. The monoisotopic (exact) mass is 254 g/mol. The van der Waals surface area contributed by atoms with Crippen LogP contribution < -0.4 is 0 Å². The minimum Gasteiger partial charge on any atom is -0.312 e. The van der Waals surface area contributed by atoms with Crippen LogP contribution >= 0.6 is 11.6 Å². The predicted octanol–water partition coefficient (Wildman–Crippen LogP) is 2.96. The highest BCUT2D eigenvalue weighted by molar-refractivity contribution is 6.16. The van der Waals surface area contributed by atoms with Crippen LogP contribution in [-0.2, 0) is 19.0 Å². The summed E-state index contributed by atoms with van der Waals surface area (Å²) in [6, 6.07) is 0. The van der Waals surface area contributed by atoms with E-state index in [1.165, 1.54) is 0 Å². The Kier molecular flexibility index (Phi) is 3.43. The minimum absolute atomic E-state index is 0.449. The summed E-state index contributed by atoms with van der Waals surface area (Å²) in [5.74, 6) is 1.96. The molecule has 94 valence electrons. The fraction of sp³-hybridized carbons (Fsp3) is 0.667. The molecule has 2 rings (SSSR count). The maximum Gasteiger partial charge on any atom is 0.158 e. The van der Waals surface area contributed by atoms with Crippen molar-refractivity contribution in [3.05, 3.63) is 11.5 Å². The molecule has 0 saturated heterocycles. The van der Waals surface area contributed by atoms with Crippen molar-refractivity contribution in [2.24, 2.45) is 5.92 Å². The van der Waals surface area contributed by atoms with Crippen molar-refractivity contribution >= 4 is 22.8 Å². The molecule has 0 bridgehead atoms. The van der Waals surface area contributed by atoms with E-state index in [0.29, 0.717) is 11.8 Å². The van der Waals surface area contributed by atoms with Crippen molar-refractivity contribution in [2.75, 3.05) is 0 Å². The Morgan fingerprint density at radius 2 is 2.06 bits per heavy atom. The van der Waals surface area contributed by atoms with E-state index >= 15 is 0 Å². The molecule has 0 amide bonds. The van der Waals surface area contributed by atoms with Crippen LogP contribution in [0.1, 0.15) is 32.3 Å². The molecule has 0 spiro atoms. The lowest BCUT2D eigenvalue weighted by Crippen LogP contribution is -2.11. The van der Waals surface area contributed by atoms with E-state index in [0.717, 1.165) is 35.8 Å². The lowest BCUT2D eigenvalue weighted by molar-refractivity contribution is 0.509. The van der Waals surface area contributed by atoms with Gasteiger partial charge in [-0.15, -0.1) is 11.6 Å². The van der Waals surface area contributed by atoms with E-state index in [-0.39, 0.29) is 0 Å². The third kappa shape index (κ3) is 2.06. The first kappa shape index (κ1) is 12.4. The van der Waals surface area contributed by atoms with E-state index in [4.69, 9.17) is 11.6 Å². The third-order valence-corrected chi connectivity index (χ3v) is 3.08. The number of hydrogen-bond acceptors (Lipinski definition) is 2. The van der Waals surface area contributed by atoms with Crippen molar-refractivity contribution in [1.29, 1.82) is 0 Å². The number of nitrogens with zero attached hydrogens (tertiary/aromatic N) is 4. The standard InChI is InChI=1S/C12H19ClN4/c1-5-17-12-11(9(4)15-17)14-10(6-13)16(12)7-8(2)3/h8H,5-7H2,1-4H3. The molecule has 0 aromatic carbocycles. The highest BCUT2D eigenvalue weighted by Crippen LogP contribution is 2.22. The van der Waals surface area contributed by atoms with Crippen molar-refractivity contribution in [3.8, 4) is 0 Å². The molecule has 0 radical (unpaired) electrons. The van der Waals surface area contributed by atoms with Crippen molar-refractivity contribution in [3.63, 3.8) is 0 Å². The van der Waals surface area contributed by atoms with Gasteiger partial charge in [0.15, 0.2) is 5.65 Å². The second kappa shape index (κ2) is 4.69. The Balaban J connectivity index is 2.66. The van der Waals surface area contributed by atoms with Gasteiger partial charge in [-0.3, -0.25) is 0 Å². The maximum absolute atomic E-state index is 5.98. The predicted molar refractivity (Wildman–Crippen MR) is 70.3 cm³/mol.